The van der Waals surface area contributed by atoms with Crippen LogP contribution in [-0.2, 0) is 6.42 Å². The molecular formula is C16H15Cl3N2S. The highest BCUT2D eigenvalue weighted by molar-refractivity contribution is 7.80. The lowest BCUT2D eigenvalue weighted by Gasteiger charge is -2.13. The summed E-state index contributed by atoms with van der Waals surface area (Å²) in [6.07, 6.45) is 0.799. The summed E-state index contributed by atoms with van der Waals surface area (Å²) in [5, 5.41) is 8.71. The first-order chi connectivity index (χ1) is 10.5. The predicted octanol–water partition coefficient (Wildman–Crippen LogP) is 5.48. The van der Waals surface area contributed by atoms with Crippen LogP contribution in [0.25, 0.3) is 0 Å². The SMILES string of the molecule is Cc1c(Cl)cccc1NC(=S)NCCc1ccc(Cl)c(Cl)c1. The zero-order chi connectivity index (χ0) is 16.1. The summed E-state index contributed by atoms with van der Waals surface area (Å²) >= 11 is 23.3. The Labute approximate surface area is 150 Å². The van der Waals surface area contributed by atoms with Gasteiger partial charge >= 0.3 is 0 Å². The number of hydrogen-bond donors (Lipinski definition) is 2. The second kappa shape index (κ2) is 8.02. The van der Waals surface area contributed by atoms with Gasteiger partial charge in [-0.3, -0.25) is 0 Å². The maximum absolute atomic E-state index is 6.08. The fourth-order valence-corrected chi connectivity index (χ4v) is 2.63. The molecule has 0 saturated carbocycles. The fraction of sp³-hybridized carbons (Fsp3) is 0.188. The van der Waals surface area contributed by atoms with E-state index < -0.39 is 0 Å². The Morgan fingerprint density at radius 2 is 1.82 bits per heavy atom. The van der Waals surface area contributed by atoms with Crippen molar-refractivity contribution in [2.75, 3.05) is 11.9 Å². The number of halogens is 3. The number of rotatable bonds is 4. The van der Waals surface area contributed by atoms with Gasteiger partial charge in [-0.15, -0.1) is 0 Å². The summed E-state index contributed by atoms with van der Waals surface area (Å²) in [7, 11) is 0. The van der Waals surface area contributed by atoms with Crippen molar-refractivity contribution >= 4 is 57.8 Å². The van der Waals surface area contributed by atoms with Gasteiger partial charge in [0.1, 0.15) is 0 Å². The molecule has 0 radical (unpaired) electrons. The minimum atomic E-state index is 0.561. The van der Waals surface area contributed by atoms with E-state index in [4.69, 9.17) is 47.0 Å². The van der Waals surface area contributed by atoms with Crippen molar-refractivity contribution in [1.29, 1.82) is 0 Å². The van der Waals surface area contributed by atoms with E-state index in [0.717, 1.165) is 23.2 Å². The van der Waals surface area contributed by atoms with Crippen LogP contribution >= 0.6 is 47.0 Å². The first-order valence-corrected chi connectivity index (χ1v) is 8.25. The first-order valence-electron chi connectivity index (χ1n) is 6.71. The molecule has 22 heavy (non-hydrogen) atoms. The van der Waals surface area contributed by atoms with Crippen LogP contribution in [0.3, 0.4) is 0 Å². The van der Waals surface area contributed by atoms with Gasteiger partial charge < -0.3 is 10.6 Å². The summed E-state index contributed by atoms with van der Waals surface area (Å²) in [6.45, 7) is 2.65. The lowest BCUT2D eigenvalue weighted by Crippen LogP contribution is -2.30. The van der Waals surface area contributed by atoms with Crippen molar-refractivity contribution < 1.29 is 0 Å². The third kappa shape index (κ3) is 4.75. The quantitative estimate of drug-likeness (QED) is 0.693. The van der Waals surface area contributed by atoms with Gasteiger partial charge in [0.25, 0.3) is 0 Å². The largest absolute Gasteiger partial charge is 0.362 e. The second-order valence-corrected chi connectivity index (χ2v) is 6.42. The van der Waals surface area contributed by atoms with Gasteiger partial charge in [-0.05, 0) is 61.0 Å². The van der Waals surface area contributed by atoms with Crippen molar-refractivity contribution in [3.63, 3.8) is 0 Å². The highest BCUT2D eigenvalue weighted by atomic mass is 35.5. The Morgan fingerprint density at radius 3 is 2.55 bits per heavy atom. The van der Waals surface area contributed by atoms with E-state index in [0.29, 0.717) is 26.7 Å². The van der Waals surface area contributed by atoms with Crippen LogP contribution < -0.4 is 10.6 Å². The Bertz CT molecular complexity index is 689. The van der Waals surface area contributed by atoms with E-state index in [1.54, 1.807) is 6.07 Å². The molecule has 0 aliphatic rings. The molecule has 2 aromatic rings. The number of benzene rings is 2. The molecule has 0 atom stereocenters. The van der Waals surface area contributed by atoms with Crippen molar-refractivity contribution in [1.82, 2.24) is 5.32 Å². The molecule has 0 fully saturated rings. The highest BCUT2D eigenvalue weighted by Crippen LogP contribution is 2.23. The lowest BCUT2D eigenvalue weighted by atomic mass is 10.1. The number of thiocarbonyl (C=S) groups is 1. The Balaban J connectivity index is 1.85. The average molecular weight is 374 g/mol. The normalized spacial score (nSPS) is 10.4. The zero-order valence-electron chi connectivity index (χ0n) is 11.9. The number of hydrogen-bond acceptors (Lipinski definition) is 1. The van der Waals surface area contributed by atoms with Crippen LogP contribution in [0, 0.1) is 6.92 Å². The third-order valence-corrected chi connectivity index (χ3v) is 4.59. The Kier molecular flexibility index (Phi) is 6.33. The Hall–Kier alpha value is -1.000. The molecule has 0 aliphatic heterocycles. The molecule has 116 valence electrons. The topological polar surface area (TPSA) is 24.1 Å². The maximum atomic E-state index is 6.08. The van der Waals surface area contributed by atoms with E-state index in [2.05, 4.69) is 10.6 Å². The molecule has 2 N–H and O–H groups in total. The average Bonchev–Trinajstić information content (AvgIpc) is 2.48. The summed E-state index contributed by atoms with van der Waals surface area (Å²) in [6, 6.07) is 11.3. The van der Waals surface area contributed by atoms with Gasteiger partial charge in [-0.25, -0.2) is 0 Å². The first kappa shape index (κ1) is 17.4. The summed E-state index contributed by atoms with van der Waals surface area (Å²) in [4.78, 5) is 0. The highest BCUT2D eigenvalue weighted by Gasteiger charge is 2.04. The van der Waals surface area contributed by atoms with Gasteiger partial charge in [0.2, 0.25) is 0 Å². The van der Waals surface area contributed by atoms with Gasteiger partial charge in [0, 0.05) is 17.3 Å². The molecule has 0 saturated heterocycles. The molecule has 6 heteroatoms. The van der Waals surface area contributed by atoms with Crippen LogP contribution in [0.2, 0.25) is 15.1 Å². The molecule has 0 amide bonds. The van der Waals surface area contributed by atoms with Gasteiger partial charge in [-0.2, -0.15) is 0 Å². The molecule has 0 heterocycles. The lowest BCUT2D eigenvalue weighted by molar-refractivity contribution is 0.873. The fourth-order valence-electron chi connectivity index (χ4n) is 1.92. The molecule has 2 aromatic carbocycles. The predicted molar refractivity (Wildman–Crippen MR) is 101 cm³/mol. The minimum absolute atomic E-state index is 0.561. The monoisotopic (exact) mass is 372 g/mol. The molecule has 2 nitrogen and oxygen atoms in total. The summed E-state index contributed by atoms with van der Waals surface area (Å²) in [5.41, 5.74) is 2.97. The van der Waals surface area contributed by atoms with Crippen LogP contribution in [0.5, 0.6) is 0 Å². The van der Waals surface area contributed by atoms with Crippen LogP contribution in [0.4, 0.5) is 5.69 Å². The smallest absolute Gasteiger partial charge is 0.170 e. The minimum Gasteiger partial charge on any atom is -0.362 e. The van der Waals surface area contributed by atoms with Crippen molar-refractivity contribution in [3.8, 4) is 0 Å². The standard InChI is InChI=1S/C16H15Cl3N2S/c1-10-12(17)3-2-4-15(10)21-16(22)20-8-7-11-5-6-13(18)14(19)9-11/h2-6,9H,7-8H2,1H3,(H2,20,21,22). The van der Waals surface area contributed by atoms with E-state index in [9.17, 15) is 0 Å². The van der Waals surface area contributed by atoms with Crippen molar-refractivity contribution in [2.45, 2.75) is 13.3 Å². The van der Waals surface area contributed by atoms with Crippen molar-refractivity contribution in [2.24, 2.45) is 0 Å². The summed E-state index contributed by atoms with van der Waals surface area (Å²) in [5.74, 6) is 0. The van der Waals surface area contributed by atoms with Gasteiger partial charge in [0.15, 0.2) is 5.11 Å². The van der Waals surface area contributed by atoms with Crippen LogP contribution in [0.1, 0.15) is 11.1 Å². The zero-order valence-corrected chi connectivity index (χ0v) is 15.0. The molecule has 0 unspecified atom stereocenters. The number of nitrogens with one attached hydrogen (secondary N) is 2. The number of anilines is 1. The van der Waals surface area contributed by atoms with Crippen LogP contribution in [0.15, 0.2) is 36.4 Å². The Morgan fingerprint density at radius 1 is 1.05 bits per heavy atom. The molecule has 0 aromatic heterocycles. The molecule has 2 rings (SSSR count). The van der Waals surface area contributed by atoms with Gasteiger partial charge in [0.05, 0.1) is 10.0 Å². The molecule has 0 aliphatic carbocycles. The van der Waals surface area contributed by atoms with E-state index in [-0.39, 0.29) is 0 Å². The van der Waals surface area contributed by atoms with Gasteiger partial charge in [-0.1, -0.05) is 46.9 Å². The van der Waals surface area contributed by atoms with Crippen LogP contribution in [-0.4, -0.2) is 11.7 Å². The molecular weight excluding hydrogens is 359 g/mol. The van der Waals surface area contributed by atoms with E-state index in [1.807, 2.05) is 37.3 Å². The molecule has 0 spiro atoms. The molecule has 0 bridgehead atoms. The summed E-state index contributed by atoms with van der Waals surface area (Å²) < 4.78 is 0. The third-order valence-electron chi connectivity index (χ3n) is 3.20. The maximum Gasteiger partial charge on any atom is 0.170 e. The van der Waals surface area contributed by atoms with Crippen molar-refractivity contribution in [3.05, 3.63) is 62.6 Å². The second-order valence-electron chi connectivity index (χ2n) is 4.79. The van der Waals surface area contributed by atoms with E-state index >= 15 is 0 Å². The van der Waals surface area contributed by atoms with E-state index in [1.165, 1.54) is 0 Å².